The molecule has 1 aliphatic rings. The highest BCUT2D eigenvalue weighted by Crippen LogP contribution is 2.20. The van der Waals surface area contributed by atoms with Crippen molar-refractivity contribution in [1.29, 1.82) is 0 Å². The average molecular weight is 150 g/mol. The van der Waals surface area contributed by atoms with Gasteiger partial charge in [0.25, 0.3) is 0 Å². The maximum absolute atomic E-state index is 5.35. The summed E-state index contributed by atoms with van der Waals surface area (Å²) >= 11 is 0. The van der Waals surface area contributed by atoms with Gasteiger partial charge in [-0.15, -0.1) is 0 Å². The lowest BCUT2D eigenvalue weighted by Crippen LogP contribution is -2.24. The predicted molar refractivity (Wildman–Crippen MR) is 42.1 cm³/mol. The molecule has 3 nitrogen and oxygen atoms in total. The van der Waals surface area contributed by atoms with E-state index in [1.807, 2.05) is 19.2 Å². The first-order valence-electron chi connectivity index (χ1n) is 3.67. The van der Waals surface area contributed by atoms with Crippen molar-refractivity contribution in [2.24, 2.45) is 0 Å². The Labute approximate surface area is 65.4 Å². The Bertz CT molecular complexity index is 262. The number of pyridine rings is 1. The monoisotopic (exact) mass is 150 g/mol. The fourth-order valence-electron chi connectivity index (χ4n) is 1.16. The number of anilines is 1. The highest BCUT2D eigenvalue weighted by molar-refractivity contribution is 5.50. The molecule has 2 heterocycles. The molecule has 0 bridgehead atoms. The Morgan fingerprint density at radius 3 is 3.55 bits per heavy atom. The first-order chi connectivity index (χ1) is 5.36. The van der Waals surface area contributed by atoms with Crippen LogP contribution < -0.4 is 5.32 Å². The second kappa shape index (κ2) is 2.51. The number of nitrogens with one attached hydrogen (secondary N) is 1. The van der Waals surface area contributed by atoms with Crippen LogP contribution in [0.2, 0.25) is 0 Å². The summed E-state index contributed by atoms with van der Waals surface area (Å²) in [6.07, 6.45) is 3.72. The summed E-state index contributed by atoms with van der Waals surface area (Å²) in [6.45, 7) is 2.65. The summed E-state index contributed by atoms with van der Waals surface area (Å²) < 4.78 is 5.35. The summed E-state index contributed by atoms with van der Waals surface area (Å²) in [5, 5.41) is 3.20. The largest absolute Gasteiger partial charge is 0.360 e. The van der Waals surface area contributed by atoms with Gasteiger partial charge in [0.2, 0.25) is 0 Å². The molecule has 1 aromatic rings. The predicted octanol–water partition coefficient (Wildman–Crippen LogP) is 1.37. The van der Waals surface area contributed by atoms with Crippen LogP contribution in [-0.4, -0.2) is 11.2 Å². The zero-order valence-corrected chi connectivity index (χ0v) is 6.37. The molecule has 0 saturated carbocycles. The van der Waals surface area contributed by atoms with Gasteiger partial charge in [-0.3, -0.25) is 4.98 Å². The molecule has 0 saturated heterocycles. The molecule has 1 atom stereocenters. The van der Waals surface area contributed by atoms with Crippen molar-refractivity contribution in [1.82, 2.24) is 4.98 Å². The van der Waals surface area contributed by atoms with Gasteiger partial charge in [0.1, 0.15) is 6.23 Å². The van der Waals surface area contributed by atoms with Crippen LogP contribution in [0, 0.1) is 0 Å². The third-order valence-corrected chi connectivity index (χ3v) is 1.75. The van der Waals surface area contributed by atoms with Crippen molar-refractivity contribution in [2.45, 2.75) is 19.8 Å². The SMILES string of the molecule is CC1Nc2ccncc2CO1. The Morgan fingerprint density at radius 1 is 1.73 bits per heavy atom. The first-order valence-corrected chi connectivity index (χ1v) is 3.67. The molecule has 0 spiro atoms. The van der Waals surface area contributed by atoms with E-state index in [-0.39, 0.29) is 6.23 Å². The molecule has 11 heavy (non-hydrogen) atoms. The fraction of sp³-hybridized carbons (Fsp3) is 0.375. The minimum Gasteiger partial charge on any atom is -0.360 e. The van der Waals surface area contributed by atoms with E-state index < -0.39 is 0 Å². The van der Waals surface area contributed by atoms with E-state index in [0.29, 0.717) is 6.61 Å². The van der Waals surface area contributed by atoms with Gasteiger partial charge in [-0.05, 0) is 13.0 Å². The number of hydrogen-bond donors (Lipinski definition) is 1. The van der Waals surface area contributed by atoms with Crippen LogP contribution in [0.1, 0.15) is 12.5 Å². The Kier molecular flexibility index (Phi) is 1.51. The van der Waals surface area contributed by atoms with Crippen LogP contribution in [0.15, 0.2) is 18.5 Å². The van der Waals surface area contributed by atoms with Crippen LogP contribution in [0.3, 0.4) is 0 Å². The van der Waals surface area contributed by atoms with Crippen LogP contribution in [0.5, 0.6) is 0 Å². The summed E-state index contributed by atoms with van der Waals surface area (Å²) in [5.41, 5.74) is 2.27. The van der Waals surface area contributed by atoms with Gasteiger partial charge >= 0.3 is 0 Å². The van der Waals surface area contributed by atoms with Gasteiger partial charge < -0.3 is 10.1 Å². The molecule has 0 amide bonds. The lowest BCUT2D eigenvalue weighted by atomic mass is 10.2. The van der Waals surface area contributed by atoms with E-state index in [1.54, 1.807) is 6.20 Å². The highest BCUT2D eigenvalue weighted by Gasteiger charge is 2.12. The Morgan fingerprint density at radius 2 is 2.64 bits per heavy atom. The molecule has 1 unspecified atom stereocenters. The van der Waals surface area contributed by atoms with Crippen molar-refractivity contribution in [3.05, 3.63) is 24.0 Å². The standard InChI is InChI=1S/C8H10N2O/c1-6-10-8-2-3-9-4-7(8)5-11-6/h2-4,6,10H,5H2,1H3. The maximum Gasteiger partial charge on any atom is 0.125 e. The molecule has 3 heteroatoms. The maximum atomic E-state index is 5.35. The molecule has 1 N–H and O–H groups in total. The quantitative estimate of drug-likeness (QED) is 0.606. The van der Waals surface area contributed by atoms with Crippen LogP contribution >= 0.6 is 0 Å². The van der Waals surface area contributed by atoms with Gasteiger partial charge in [0.15, 0.2) is 0 Å². The van der Waals surface area contributed by atoms with Gasteiger partial charge in [-0.25, -0.2) is 0 Å². The number of aromatic nitrogens is 1. The van der Waals surface area contributed by atoms with E-state index in [9.17, 15) is 0 Å². The number of ether oxygens (including phenoxy) is 1. The molecule has 0 radical (unpaired) electrons. The Hall–Kier alpha value is -1.09. The van der Waals surface area contributed by atoms with Crippen molar-refractivity contribution in [3.63, 3.8) is 0 Å². The first kappa shape index (κ1) is 6.61. The summed E-state index contributed by atoms with van der Waals surface area (Å²) in [6, 6.07) is 1.97. The van der Waals surface area contributed by atoms with E-state index in [0.717, 1.165) is 11.3 Å². The number of hydrogen-bond acceptors (Lipinski definition) is 3. The molecule has 0 aromatic carbocycles. The van der Waals surface area contributed by atoms with Crippen molar-refractivity contribution < 1.29 is 4.74 Å². The molecule has 0 fully saturated rings. The van der Waals surface area contributed by atoms with Crippen molar-refractivity contribution in [3.8, 4) is 0 Å². The number of nitrogens with zero attached hydrogens (tertiary/aromatic N) is 1. The molecule has 1 aliphatic heterocycles. The van der Waals surface area contributed by atoms with E-state index in [1.165, 1.54) is 0 Å². The van der Waals surface area contributed by atoms with Gasteiger partial charge in [0.05, 0.1) is 6.61 Å². The lowest BCUT2D eigenvalue weighted by molar-refractivity contribution is 0.0634. The van der Waals surface area contributed by atoms with Crippen LogP contribution in [0.4, 0.5) is 5.69 Å². The zero-order valence-electron chi connectivity index (χ0n) is 6.37. The zero-order chi connectivity index (χ0) is 7.68. The van der Waals surface area contributed by atoms with Gasteiger partial charge in [-0.1, -0.05) is 0 Å². The molecule has 1 aromatic heterocycles. The molecular formula is C8H10N2O. The number of rotatable bonds is 0. The lowest BCUT2D eigenvalue weighted by Gasteiger charge is -2.23. The minimum absolute atomic E-state index is 0.116. The van der Waals surface area contributed by atoms with E-state index in [2.05, 4.69) is 10.3 Å². The Balaban J connectivity index is 2.34. The second-order valence-electron chi connectivity index (χ2n) is 2.63. The number of fused-ring (bicyclic) bond motifs is 1. The van der Waals surface area contributed by atoms with Crippen LogP contribution in [0.25, 0.3) is 0 Å². The van der Waals surface area contributed by atoms with Crippen LogP contribution in [-0.2, 0) is 11.3 Å². The summed E-state index contributed by atoms with van der Waals surface area (Å²) in [4.78, 5) is 4.00. The summed E-state index contributed by atoms with van der Waals surface area (Å²) in [5.74, 6) is 0. The molecular weight excluding hydrogens is 140 g/mol. The normalized spacial score (nSPS) is 22.1. The minimum atomic E-state index is 0.116. The third kappa shape index (κ3) is 1.19. The fourth-order valence-corrected chi connectivity index (χ4v) is 1.16. The smallest absolute Gasteiger partial charge is 0.125 e. The third-order valence-electron chi connectivity index (χ3n) is 1.75. The molecule has 2 rings (SSSR count). The average Bonchev–Trinajstić information content (AvgIpc) is 2.04. The summed E-state index contributed by atoms with van der Waals surface area (Å²) in [7, 11) is 0. The highest BCUT2D eigenvalue weighted by atomic mass is 16.5. The van der Waals surface area contributed by atoms with Crippen molar-refractivity contribution in [2.75, 3.05) is 5.32 Å². The van der Waals surface area contributed by atoms with Gasteiger partial charge in [0, 0.05) is 23.6 Å². The second-order valence-corrected chi connectivity index (χ2v) is 2.63. The van der Waals surface area contributed by atoms with E-state index >= 15 is 0 Å². The topological polar surface area (TPSA) is 34.2 Å². The van der Waals surface area contributed by atoms with Crippen molar-refractivity contribution >= 4 is 5.69 Å². The molecule has 58 valence electrons. The van der Waals surface area contributed by atoms with E-state index in [4.69, 9.17) is 4.74 Å². The molecule has 0 aliphatic carbocycles. The van der Waals surface area contributed by atoms with Gasteiger partial charge in [-0.2, -0.15) is 0 Å².